The van der Waals surface area contributed by atoms with Crippen LogP contribution < -0.4 is 11.1 Å². The molecule has 3 heteroatoms. The lowest BCUT2D eigenvalue weighted by Gasteiger charge is -2.13. The maximum Gasteiger partial charge on any atom is 0.228 e. The molecule has 20 heavy (non-hydrogen) atoms. The average molecular weight is 270 g/mol. The van der Waals surface area contributed by atoms with Crippen molar-refractivity contribution in [3.05, 3.63) is 23.3 Å². The third-order valence-corrected chi connectivity index (χ3v) is 5.96. The van der Waals surface area contributed by atoms with Gasteiger partial charge in [-0.3, -0.25) is 4.79 Å². The molecule has 3 nitrogen and oxygen atoms in total. The fourth-order valence-electron chi connectivity index (χ4n) is 4.84. The summed E-state index contributed by atoms with van der Waals surface area (Å²) in [6.45, 7) is 4.09. The van der Waals surface area contributed by atoms with Gasteiger partial charge in [-0.15, -0.1) is 0 Å². The summed E-state index contributed by atoms with van der Waals surface area (Å²) >= 11 is 0. The van der Waals surface area contributed by atoms with E-state index in [1.165, 1.54) is 30.4 Å². The maximum atomic E-state index is 12.5. The molecule has 3 saturated carbocycles. The van der Waals surface area contributed by atoms with Crippen LogP contribution >= 0.6 is 0 Å². The van der Waals surface area contributed by atoms with E-state index >= 15 is 0 Å². The lowest BCUT2D eigenvalue weighted by Crippen LogP contribution is -2.19. The summed E-state index contributed by atoms with van der Waals surface area (Å²) in [6.07, 6.45) is 4.08. The molecule has 2 bridgehead atoms. The van der Waals surface area contributed by atoms with Crippen LogP contribution in [0.4, 0.5) is 11.4 Å². The number of carbonyl (C=O) groups is 1. The minimum Gasteiger partial charge on any atom is -0.397 e. The lowest BCUT2D eigenvalue weighted by atomic mass is 10.0. The highest BCUT2D eigenvalue weighted by Crippen LogP contribution is 2.69. The topological polar surface area (TPSA) is 55.1 Å². The summed E-state index contributed by atoms with van der Waals surface area (Å²) in [7, 11) is 0. The van der Waals surface area contributed by atoms with E-state index in [9.17, 15) is 4.79 Å². The largest absolute Gasteiger partial charge is 0.397 e. The Balaban J connectivity index is 1.51. The second kappa shape index (κ2) is 4.00. The first-order valence-electron chi connectivity index (χ1n) is 7.74. The quantitative estimate of drug-likeness (QED) is 0.811. The van der Waals surface area contributed by atoms with E-state index in [2.05, 4.69) is 12.2 Å². The standard InChI is InChI=1S/C17H22N2O/c1-8-5-12(18)13(6-9(8)2)19-17(20)16-14-10-3-4-11(7-10)15(14)16/h5-6,10-11,14-16H,3-4,7,18H2,1-2H3,(H,19,20). The second-order valence-electron chi connectivity index (χ2n) is 7.03. The summed E-state index contributed by atoms with van der Waals surface area (Å²) in [5, 5.41) is 3.07. The SMILES string of the molecule is Cc1cc(N)c(NC(=O)C2C3C4CCC(C4)C23)cc1C. The molecular weight excluding hydrogens is 248 g/mol. The van der Waals surface area contributed by atoms with Crippen LogP contribution in [0.3, 0.4) is 0 Å². The van der Waals surface area contributed by atoms with Crippen LogP contribution in [0.5, 0.6) is 0 Å². The third kappa shape index (κ3) is 1.62. The minimum atomic E-state index is 0.201. The van der Waals surface area contributed by atoms with Crippen LogP contribution in [0.15, 0.2) is 12.1 Å². The highest BCUT2D eigenvalue weighted by atomic mass is 16.2. The van der Waals surface area contributed by atoms with Crippen molar-refractivity contribution in [1.29, 1.82) is 0 Å². The Labute approximate surface area is 119 Å². The monoisotopic (exact) mass is 270 g/mol. The number of anilines is 2. The van der Waals surface area contributed by atoms with Gasteiger partial charge in [-0.2, -0.15) is 0 Å². The molecule has 3 aliphatic rings. The number of hydrogen-bond donors (Lipinski definition) is 2. The summed E-state index contributed by atoms with van der Waals surface area (Å²) in [4.78, 5) is 12.5. The van der Waals surface area contributed by atoms with Gasteiger partial charge in [-0.25, -0.2) is 0 Å². The molecule has 4 rings (SSSR count). The van der Waals surface area contributed by atoms with Crippen LogP contribution in [0.25, 0.3) is 0 Å². The van der Waals surface area contributed by atoms with Gasteiger partial charge in [-0.1, -0.05) is 0 Å². The number of carbonyl (C=O) groups excluding carboxylic acids is 1. The van der Waals surface area contributed by atoms with Crippen molar-refractivity contribution in [2.75, 3.05) is 11.1 Å². The molecule has 0 saturated heterocycles. The van der Waals surface area contributed by atoms with Gasteiger partial charge in [0.05, 0.1) is 11.4 Å². The summed E-state index contributed by atoms with van der Waals surface area (Å²) in [6, 6.07) is 3.94. The number of nitrogens with one attached hydrogen (secondary N) is 1. The van der Waals surface area contributed by atoms with Gasteiger partial charge in [0.25, 0.3) is 0 Å². The van der Waals surface area contributed by atoms with Crippen LogP contribution in [0.2, 0.25) is 0 Å². The zero-order valence-electron chi connectivity index (χ0n) is 12.1. The number of nitrogens with two attached hydrogens (primary N) is 1. The first kappa shape index (κ1) is 12.2. The van der Waals surface area contributed by atoms with Crippen LogP contribution in [0.1, 0.15) is 30.4 Å². The van der Waals surface area contributed by atoms with Gasteiger partial charge in [0.1, 0.15) is 0 Å². The van der Waals surface area contributed by atoms with Crippen molar-refractivity contribution < 1.29 is 4.79 Å². The number of aryl methyl sites for hydroxylation is 2. The number of hydrogen-bond acceptors (Lipinski definition) is 2. The molecule has 3 fully saturated rings. The van der Waals surface area contributed by atoms with Gasteiger partial charge in [0.2, 0.25) is 5.91 Å². The Morgan fingerprint density at radius 1 is 1.15 bits per heavy atom. The predicted octanol–water partition coefficient (Wildman–Crippen LogP) is 3.12. The van der Waals surface area contributed by atoms with Crippen molar-refractivity contribution in [2.45, 2.75) is 33.1 Å². The predicted molar refractivity (Wildman–Crippen MR) is 80.3 cm³/mol. The minimum absolute atomic E-state index is 0.201. The average Bonchev–Trinajstić information content (AvgIpc) is 2.85. The summed E-state index contributed by atoms with van der Waals surface area (Å²) in [5.74, 6) is 3.49. The van der Waals surface area contributed by atoms with Gasteiger partial charge >= 0.3 is 0 Å². The van der Waals surface area contributed by atoms with Crippen LogP contribution in [-0.4, -0.2) is 5.91 Å². The van der Waals surface area contributed by atoms with Crippen molar-refractivity contribution >= 4 is 17.3 Å². The van der Waals surface area contributed by atoms with Crippen LogP contribution in [0, 0.1) is 43.4 Å². The normalized spacial score (nSPS) is 36.8. The molecule has 0 spiro atoms. The number of amides is 1. The van der Waals surface area contributed by atoms with E-state index in [4.69, 9.17) is 5.73 Å². The van der Waals surface area contributed by atoms with E-state index in [1.54, 1.807) is 0 Å². The van der Waals surface area contributed by atoms with Crippen molar-refractivity contribution in [1.82, 2.24) is 0 Å². The fraction of sp³-hybridized carbons (Fsp3) is 0.588. The fourth-order valence-corrected chi connectivity index (χ4v) is 4.84. The van der Waals surface area contributed by atoms with Gasteiger partial charge in [-0.05, 0) is 80.0 Å². The molecule has 1 aromatic rings. The zero-order valence-corrected chi connectivity index (χ0v) is 12.1. The van der Waals surface area contributed by atoms with E-state index < -0.39 is 0 Å². The number of nitrogen functional groups attached to an aromatic ring is 1. The number of benzene rings is 1. The van der Waals surface area contributed by atoms with E-state index in [0.717, 1.165) is 17.5 Å². The smallest absolute Gasteiger partial charge is 0.228 e. The molecule has 0 heterocycles. The third-order valence-electron chi connectivity index (χ3n) is 5.96. The van der Waals surface area contributed by atoms with Gasteiger partial charge < -0.3 is 11.1 Å². The summed E-state index contributed by atoms with van der Waals surface area (Å²) < 4.78 is 0. The molecule has 0 aromatic heterocycles. The molecule has 4 atom stereocenters. The lowest BCUT2D eigenvalue weighted by molar-refractivity contribution is -0.118. The summed E-state index contributed by atoms with van der Waals surface area (Å²) in [5.41, 5.74) is 9.83. The molecule has 1 aromatic carbocycles. The van der Waals surface area contributed by atoms with Crippen LogP contribution in [-0.2, 0) is 4.79 Å². The highest BCUT2D eigenvalue weighted by Gasteiger charge is 2.67. The van der Waals surface area contributed by atoms with Crippen molar-refractivity contribution in [3.63, 3.8) is 0 Å². The molecule has 3 N–H and O–H groups in total. The van der Waals surface area contributed by atoms with Crippen molar-refractivity contribution in [3.8, 4) is 0 Å². The highest BCUT2D eigenvalue weighted by molar-refractivity contribution is 5.97. The molecule has 4 unspecified atom stereocenters. The van der Waals surface area contributed by atoms with Gasteiger partial charge in [0.15, 0.2) is 0 Å². The van der Waals surface area contributed by atoms with E-state index in [0.29, 0.717) is 17.5 Å². The molecule has 106 valence electrons. The first-order valence-corrected chi connectivity index (χ1v) is 7.74. The Morgan fingerprint density at radius 3 is 2.40 bits per heavy atom. The Bertz CT molecular complexity index is 579. The first-order chi connectivity index (χ1) is 9.56. The van der Waals surface area contributed by atoms with Crippen molar-refractivity contribution in [2.24, 2.45) is 29.6 Å². The molecular formula is C17H22N2O. The van der Waals surface area contributed by atoms with E-state index in [-0.39, 0.29) is 11.8 Å². The van der Waals surface area contributed by atoms with Gasteiger partial charge in [0, 0.05) is 5.92 Å². The molecule has 0 radical (unpaired) electrons. The Kier molecular flexibility index (Phi) is 2.45. The molecule has 3 aliphatic carbocycles. The van der Waals surface area contributed by atoms with E-state index in [1.807, 2.05) is 19.1 Å². The zero-order chi connectivity index (χ0) is 14.0. The Morgan fingerprint density at radius 2 is 1.75 bits per heavy atom. The maximum absolute atomic E-state index is 12.5. The Hall–Kier alpha value is -1.51. The number of fused-ring (bicyclic) bond motifs is 5. The molecule has 1 amide bonds. The second-order valence-corrected chi connectivity index (χ2v) is 7.03. The number of rotatable bonds is 2. The molecule has 0 aliphatic heterocycles.